The zero-order valence-electron chi connectivity index (χ0n) is 13.9. The molecule has 3 aromatic rings. The van der Waals surface area contributed by atoms with E-state index in [1.807, 2.05) is 54.8 Å². The number of nitrogens with zero attached hydrogens (tertiary/aromatic N) is 3. The first-order valence-electron chi connectivity index (χ1n) is 7.89. The molecule has 0 unspecified atom stereocenters. The van der Waals surface area contributed by atoms with E-state index in [4.69, 9.17) is 9.47 Å². The topological polar surface area (TPSA) is 79.5 Å². The van der Waals surface area contributed by atoms with E-state index in [0.717, 1.165) is 28.3 Å². The molecule has 2 heterocycles. The second kappa shape index (κ2) is 6.86. The first-order valence-corrected chi connectivity index (χ1v) is 8.77. The number of rotatable bonds is 4. The monoisotopic (exact) mass is 362 g/mol. The highest BCUT2D eigenvalue weighted by Gasteiger charge is 2.16. The molecule has 26 heavy (non-hydrogen) atoms. The number of anilines is 1. The van der Waals surface area contributed by atoms with E-state index in [9.17, 15) is 5.26 Å². The summed E-state index contributed by atoms with van der Waals surface area (Å²) in [7, 11) is 0. The lowest BCUT2D eigenvalue weighted by atomic mass is 10.1. The Kier molecular flexibility index (Phi) is 4.25. The molecule has 0 bridgehead atoms. The number of ether oxygens (including phenoxy) is 2. The molecule has 0 spiro atoms. The maximum Gasteiger partial charge on any atom is 0.231 e. The average Bonchev–Trinajstić information content (AvgIpc) is 3.32. The van der Waals surface area contributed by atoms with E-state index < -0.39 is 0 Å². The fourth-order valence-electron chi connectivity index (χ4n) is 2.44. The smallest absolute Gasteiger partial charge is 0.231 e. The third-order valence-corrected chi connectivity index (χ3v) is 4.68. The number of nitrogens with one attached hydrogen (secondary N) is 1. The molecule has 0 saturated carbocycles. The number of aromatic nitrogens is 1. The van der Waals surface area contributed by atoms with Crippen LogP contribution in [0.25, 0.3) is 11.3 Å². The Morgan fingerprint density at radius 1 is 1.19 bits per heavy atom. The van der Waals surface area contributed by atoms with Gasteiger partial charge < -0.3 is 9.47 Å². The molecule has 0 atom stereocenters. The first kappa shape index (κ1) is 16.1. The molecule has 4 rings (SSSR count). The number of nitriles is 1. The summed E-state index contributed by atoms with van der Waals surface area (Å²) in [5.74, 6) is 1.43. The summed E-state index contributed by atoms with van der Waals surface area (Å²) in [4.78, 5) is 4.53. The van der Waals surface area contributed by atoms with Crippen LogP contribution in [0, 0.1) is 18.3 Å². The molecule has 2 aromatic carbocycles. The van der Waals surface area contributed by atoms with Gasteiger partial charge in [-0.2, -0.15) is 10.4 Å². The van der Waals surface area contributed by atoms with Crippen molar-refractivity contribution in [1.29, 1.82) is 5.26 Å². The maximum atomic E-state index is 9.42. The van der Waals surface area contributed by atoms with Crippen molar-refractivity contribution in [2.45, 2.75) is 6.92 Å². The van der Waals surface area contributed by atoms with Gasteiger partial charge in [0.05, 0.1) is 11.4 Å². The normalized spacial score (nSPS) is 12.7. The van der Waals surface area contributed by atoms with E-state index in [0.29, 0.717) is 10.8 Å². The van der Waals surface area contributed by atoms with E-state index in [-0.39, 0.29) is 12.5 Å². The molecule has 0 fully saturated rings. The molecule has 6 nitrogen and oxygen atoms in total. The number of aryl methyl sites for hydroxylation is 1. The minimum absolute atomic E-state index is 0.233. The SMILES string of the molecule is Cc1ccc(N/N=C(\C#N)c2nc(-c3ccc4c(c3)OCO4)cs2)cc1. The lowest BCUT2D eigenvalue weighted by Crippen LogP contribution is -2.01. The van der Waals surface area contributed by atoms with Crippen LogP contribution < -0.4 is 14.9 Å². The average molecular weight is 362 g/mol. The van der Waals surface area contributed by atoms with Gasteiger partial charge in [0.15, 0.2) is 22.2 Å². The standard InChI is InChI=1S/C19H14N4O2S/c1-12-2-5-14(6-3-12)22-23-15(9-20)19-21-16(10-26-19)13-4-7-17-18(8-13)25-11-24-17/h2-8,10,22H,11H2,1H3/b23-15+. The summed E-state index contributed by atoms with van der Waals surface area (Å²) in [5.41, 5.74) is 6.78. The van der Waals surface area contributed by atoms with Crippen LogP contribution in [0.2, 0.25) is 0 Å². The Balaban J connectivity index is 1.56. The van der Waals surface area contributed by atoms with E-state index in [1.165, 1.54) is 11.3 Å². The van der Waals surface area contributed by atoms with Crippen LogP contribution in [0.1, 0.15) is 10.6 Å². The summed E-state index contributed by atoms with van der Waals surface area (Å²) < 4.78 is 10.7. The highest BCUT2D eigenvalue weighted by molar-refractivity contribution is 7.12. The van der Waals surface area contributed by atoms with Crippen LogP contribution in [0.5, 0.6) is 11.5 Å². The van der Waals surface area contributed by atoms with Crippen molar-refractivity contribution in [1.82, 2.24) is 4.98 Å². The van der Waals surface area contributed by atoms with E-state index in [2.05, 4.69) is 21.6 Å². The summed E-state index contributed by atoms with van der Waals surface area (Å²) in [6.07, 6.45) is 0. The maximum absolute atomic E-state index is 9.42. The van der Waals surface area contributed by atoms with Crippen molar-refractivity contribution in [3.05, 3.63) is 58.4 Å². The van der Waals surface area contributed by atoms with Gasteiger partial charge in [-0.15, -0.1) is 11.3 Å². The Labute approximate surface area is 154 Å². The highest BCUT2D eigenvalue weighted by Crippen LogP contribution is 2.36. The van der Waals surface area contributed by atoms with Crippen LogP contribution in [0.15, 0.2) is 52.9 Å². The number of benzene rings is 2. The van der Waals surface area contributed by atoms with Gasteiger partial charge in [-0.1, -0.05) is 17.7 Å². The molecule has 0 saturated heterocycles. The van der Waals surface area contributed by atoms with E-state index >= 15 is 0 Å². The minimum atomic E-state index is 0.233. The molecule has 0 amide bonds. The van der Waals surface area contributed by atoms with Gasteiger partial charge >= 0.3 is 0 Å². The molecule has 1 aliphatic heterocycles. The van der Waals surface area contributed by atoms with Crippen molar-refractivity contribution in [3.8, 4) is 28.8 Å². The Morgan fingerprint density at radius 3 is 2.81 bits per heavy atom. The van der Waals surface area contributed by atoms with Crippen LogP contribution in [0.4, 0.5) is 5.69 Å². The van der Waals surface area contributed by atoms with Gasteiger partial charge in [0, 0.05) is 10.9 Å². The summed E-state index contributed by atoms with van der Waals surface area (Å²) in [6, 6.07) is 15.5. The fraction of sp³-hybridized carbons (Fsp3) is 0.105. The van der Waals surface area contributed by atoms with Crippen molar-refractivity contribution >= 4 is 22.7 Å². The van der Waals surface area contributed by atoms with Crippen molar-refractivity contribution < 1.29 is 9.47 Å². The molecule has 0 aliphatic carbocycles. The molecule has 1 aliphatic rings. The molecular weight excluding hydrogens is 348 g/mol. The van der Waals surface area contributed by atoms with Crippen LogP contribution in [0.3, 0.4) is 0 Å². The Hall–Kier alpha value is -3.37. The zero-order chi connectivity index (χ0) is 17.9. The lowest BCUT2D eigenvalue weighted by molar-refractivity contribution is 0.174. The van der Waals surface area contributed by atoms with Gasteiger partial charge in [0.2, 0.25) is 6.79 Å². The van der Waals surface area contributed by atoms with Crippen molar-refractivity contribution in [2.24, 2.45) is 5.10 Å². The number of hydrazone groups is 1. The van der Waals surface area contributed by atoms with Gasteiger partial charge in [0.25, 0.3) is 0 Å². The predicted octanol–water partition coefficient (Wildman–Crippen LogP) is 4.19. The van der Waals surface area contributed by atoms with Crippen LogP contribution in [-0.2, 0) is 0 Å². The predicted molar refractivity (Wildman–Crippen MR) is 101 cm³/mol. The third kappa shape index (κ3) is 3.23. The van der Waals surface area contributed by atoms with Gasteiger partial charge in [0.1, 0.15) is 6.07 Å². The third-order valence-electron chi connectivity index (χ3n) is 3.83. The zero-order valence-corrected chi connectivity index (χ0v) is 14.7. The second-order valence-corrected chi connectivity index (χ2v) is 6.51. The molecule has 1 N–H and O–H groups in total. The number of hydrogen-bond acceptors (Lipinski definition) is 7. The minimum Gasteiger partial charge on any atom is -0.454 e. The quantitative estimate of drug-likeness (QED) is 0.556. The summed E-state index contributed by atoms with van der Waals surface area (Å²) in [6.45, 7) is 2.25. The van der Waals surface area contributed by atoms with Crippen LogP contribution >= 0.6 is 11.3 Å². The van der Waals surface area contributed by atoms with Crippen molar-refractivity contribution in [2.75, 3.05) is 12.2 Å². The first-order chi connectivity index (χ1) is 12.7. The number of fused-ring (bicyclic) bond motifs is 1. The number of thiazole rings is 1. The largest absolute Gasteiger partial charge is 0.454 e. The molecule has 128 valence electrons. The highest BCUT2D eigenvalue weighted by atomic mass is 32.1. The van der Waals surface area contributed by atoms with Gasteiger partial charge in [-0.3, -0.25) is 5.43 Å². The molecule has 1 aromatic heterocycles. The summed E-state index contributed by atoms with van der Waals surface area (Å²) in [5, 5.41) is 16.1. The lowest BCUT2D eigenvalue weighted by Gasteiger charge is -2.01. The second-order valence-electron chi connectivity index (χ2n) is 5.66. The van der Waals surface area contributed by atoms with Gasteiger partial charge in [-0.25, -0.2) is 4.98 Å². The molecule has 7 heteroatoms. The van der Waals surface area contributed by atoms with Crippen LogP contribution in [-0.4, -0.2) is 17.5 Å². The fourth-order valence-corrected chi connectivity index (χ4v) is 3.21. The van der Waals surface area contributed by atoms with E-state index in [1.54, 1.807) is 0 Å². The molecule has 0 radical (unpaired) electrons. The van der Waals surface area contributed by atoms with Gasteiger partial charge in [-0.05, 0) is 37.3 Å². The molecular formula is C19H14N4O2S. The summed E-state index contributed by atoms with van der Waals surface area (Å²) >= 11 is 1.37. The number of hydrogen-bond donors (Lipinski definition) is 1. The van der Waals surface area contributed by atoms with Crippen molar-refractivity contribution in [3.63, 3.8) is 0 Å². The Bertz CT molecular complexity index is 1020. The Morgan fingerprint density at radius 2 is 2.00 bits per heavy atom.